The molecule has 7 heteroatoms. The molecule has 0 saturated carbocycles. The van der Waals surface area contributed by atoms with Crippen molar-refractivity contribution in [3.8, 4) is 6.07 Å². The lowest BCUT2D eigenvalue weighted by atomic mass is 10.3. The van der Waals surface area contributed by atoms with Crippen LogP contribution in [0.5, 0.6) is 0 Å². The molecule has 0 saturated heterocycles. The van der Waals surface area contributed by atoms with E-state index in [4.69, 9.17) is 9.79 Å². The molecule has 1 atom stereocenters. The SMILES string of the molecule is N#C[C@@H](CC(F)(F)F)OP(=O)(c1ccccc1)c1ccccc1. The summed E-state index contributed by atoms with van der Waals surface area (Å²) < 4.78 is 56.2. The van der Waals surface area contributed by atoms with Gasteiger partial charge >= 0.3 is 6.18 Å². The van der Waals surface area contributed by atoms with Crippen LogP contribution in [0, 0.1) is 11.3 Å². The molecular weight excluding hydrogens is 326 g/mol. The second-order valence-electron chi connectivity index (χ2n) is 4.77. The van der Waals surface area contributed by atoms with Crippen LogP contribution < -0.4 is 10.6 Å². The van der Waals surface area contributed by atoms with Gasteiger partial charge in [0.25, 0.3) is 7.37 Å². The van der Waals surface area contributed by atoms with E-state index in [1.165, 1.54) is 30.3 Å². The summed E-state index contributed by atoms with van der Waals surface area (Å²) in [5, 5.41) is 9.44. The molecule has 3 nitrogen and oxygen atoms in total. The molecule has 0 aromatic heterocycles. The molecule has 0 amide bonds. The zero-order valence-corrected chi connectivity index (χ0v) is 12.8. The van der Waals surface area contributed by atoms with Gasteiger partial charge in [-0.3, -0.25) is 4.57 Å². The molecule has 0 radical (unpaired) electrons. The highest BCUT2D eigenvalue weighted by Gasteiger charge is 2.38. The standard InChI is InChI=1S/C16H13F3NO2P/c17-16(18,19)11-13(12-20)22-23(21,14-7-3-1-4-8-14)15-9-5-2-6-10-15/h1-10,13H,11H2/t13-/m1/s1. The first-order chi connectivity index (χ1) is 10.8. The summed E-state index contributed by atoms with van der Waals surface area (Å²) in [6, 6.07) is 17.3. The predicted octanol–water partition coefficient (Wildman–Crippen LogP) is 3.78. The maximum absolute atomic E-state index is 13.3. The Bertz CT molecular complexity index is 683. The van der Waals surface area contributed by atoms with Gasteiger partial charge in [0.1, 0.15) is 0 Å². The normalized spacial score (nSPS) is 13.3. The third-order valence-electron chi connectivity index (χ3n) is 3.03. The summed E-state index contributed by atoms with van der Waals surface area (Å²) in [5.74, 6) is 0. The highest BCUT2D eigenvalue weighted by atomic mass is 31.2. The number of nitrogens with zero attached hydrogens (tertiary/aromatic N) is 1. The van der Waals surface area contributed by atoms with Gasteiger partial charge in [-0.05, 0) is 24.3 Å². The van der Waals surface area contributed by atoms with E-state index in [0.29, 0.717) is 0 Å². The molecule has 0 unspecified atom stereocenters. The molecule has 2 aromatic carbocycles. The average Bonchev–Trinajstić information content (AvgIpc) is 2.54. The van der Waals surface area contributed by atoms with Gasteiger partial charge in [-0.2, -0.15) is 18.4 Å². The van der Waals surface area contributed by atoms with E-state index < -0.39 is 26.1 Å². The summed E-state index contributed by atoms with van der Waals surface area (Å²) in [6.45, 7) is 0. The predicted molar refractivity (Wildman–Crippen MR) is 80.9 cm³/mol. The Morgan fingerprint density at radius 3 is 1.78 bits per heavy atom. The number of benzene rings is 2. The number of hydrogen-bond acceptors (Lipinski definition) is 3. The molecule has 2 aromatic rings. The van der Waals surface area contributed by atoms with E-state index in [0.717, 1.165) is 0 Å². The van der Waals surface area contributed by atoms with E-state index in [-0.39, 0.29) is 10.6 Å². The maximum atomic E-state index is 13.3. The first kappa shape index (κ1) is 17.3. The van der Waals surface area contributed by atoms with Crippen molar-refractivity contribution < 1.29 is 22.3 Å². The maximum Gasteiger partial charge on any atom is 0.392 e. The summed E-state index contributed by atoms with van der Waals surface area (Å²) in [5.41, 5.74) is 0. The largest absolute Gasteiger partial charge is 0.392 e. The summed E-state index contributed by atoms with van der Waals surface area (Å²) >= 11 is 0. The van der Waals surface area contributed by atoms with E-state index in [1.807, 2.05) is 0 Å². The van der Waals surface area contributed by atoms with Crippen molar-refractivity contribution in [2.75, 3.05) is 0 Å². The quantitative estimate of drug-likeness (QED) is 0.779. The Hall–Kier alpha value is -2.09. The van der Waals surface area contributed by atoms with Crippen LogP contribution in [0.25, 0.3) is 0 Å². The Kier molecular flexibility index (Phi) is 5.25. The van der Waals surface area contributed by atoms with Gasteiger partial charge in [0.2, 0.25) is 0 Å². The minimum atomic E-state index is -4.58. The van der Waals surface area contributed by atoms with Crippen LogP contribution in [0.2, 0.25) is 0 Å². The zero-order chi connectivity index (χ0) is 16.9. The Morgan fingerprint density at radius 2 is 1.43 bits per heavy atom. The van der Waals surface area contributed by atoms with E-state index in [9.17, 15) is 17.7 Å². The fourth-order valence-electron chi connectivity index (χ4n) is 2.02. The van der Waals surface area contributed by atoms with Gasteiger partial charge in [-0.15, -0.1) is 0 Å². The zero-order valence-electron chi connectivity index (χ0n) is 11.9. The molecule has 0 aliphatic carbocycles. The fourth-order valence-corrected chi connectivity index (χ4v) is 4.17. The van der Waals surface area contributed by atoms with Crippen LogP contribution >= 0.6 is 7.37 Å². The first-order valence-electron chi connectivity index (χ1n) is 6.71. The Morgan fingerprint density at radius 1 is 1.00 bits per heavy atom. The molecule has 2 rings (SSSR count). The number of halogens is 3. The van der Waals surface area contributed by atoms with Crippen molar-refractivity contribution >= 4 is 18.0 Å². The molecule has 23 heavy (non-hydrogen) atoms. The van der Waals surface area contributed by atoms with Crippen molar-refractivity contribution in [1.29, 1.82) is 5.26 Å². The monoisotopic (exact) mass is 339 g/mol. The van der Waals surface area contributed by atoms with Crippen LogP contribution in [0.3, 0.4) is 0 Å². The second kappa shape index (κ2) is 6.99. The smallest absolute Gasteiger partial charge is 0.303 e. The number of nitriles is 1. The topological polar surface area (TPSA) is 50.1 Å². The van der Waals surface area contributed by atoms with Crippen molar-refractivity contribution in [2.24, 2.45) is 0 Å². The van der Waals surface area contributed by atoms with Crippen LogP contribution in [-0.2, 0) is 9.09 Å². The van der Waals surface area contributed by atoms with Crippen LogP contribution in [-0.4, -0.2) is 12.3 Å². The third kappa shape index (κ3) is 4.44. The highest BCUT2D eigenvalue weighted by molar-refractivity contribution is 7.74. The molecule has 0 bridgehead atoms. The van der Waals surface area contributed by atoms with Gasteiger partial charge < -0.3 is 4.52 Å². The molecule has 120 valence electrons. The number of hydrogen-bond donors (Lipinski definition) is 0. The number of rotatable bonds is 5. The van der Waals surface area contributed by atoms with Gasteiger partial charge in [-0.25, -0.2) is 0 Å². The first-order valence-corrected chi connectivity index (χ1v) is 8.34. The van der Waals surface area contributed by atoms with Crippen LogP contribution in [0.15, 0.2) is 60.7 Å². The third-order valence-corrected chi connectivity index (χ3v) is 5.54. The van der Waals surface area contributed by atoms with Gasteiger partial charge in [-0.1, -0.05) is 36.4 Å². The van der Waals surface area contributed by atoms with E-state index >= 15 is 0 Å². The van der Waals surface area contributed by atoms with Crippen molar-refractivity contribution in [3.05, 3.63) is 60.7 Å². The van der Waals surface area contributed by atoms with Gasteiger partial charge in [0.05, 0.1) is 12.5 Å². The molecule has 0 fully saturated rings. The van der Waals surface area contributed by atoms with E-state index in [1.54, 1.807) is 36.4 Å². The number of alkyl halides is 3. The van der Waals surface area contributed by atoms with Crippen LogP contribution in [0.4, 0.5) is 13.2 Å². The summed E-state index contributed by atoms with van der Waals surface area (Å²) in [6.07, 6.45) is -7.91. The fraction of sp³-hybridized carbons (Fsp3) is 0.188. The molecule has 0 spiro atoms. The lowest BCUT2D eigenvalue weighted by Gasteiger charge is -2.22. The minimum absolute atomic E-state index is 0.244. The molecule has 0 heterocycles. The lowest BCUT2D eigenvalue weighted by molar-refractivity contribution is -0.145. The van der Waals surface area contributed by atoms with Gasteiger partial charge in [0.15, 0.2) is 6.10 Å². The highest BCUT2D eigenvalue weighted by Crippen LogP contribution is 2.47. The molecule has 0 N–H and O–H groups in total. The minimum Gasteiger partial charge on any atom is -0.303 e. The van der Waals surface area contributed by atoms with Crippen molar-refractivity contribution in [3.63, 3.8) is 0 Å². The summed E-state index contributed by atoms with van der Waals surface area (Å²) in [4.78, 5) is 0. The lowest BCUT2D eigenvalue weighted by Crippen LogP contribution is -2.26. The van der Waals surface area contributed by atoms with Crippen molar-refractivity contribution in [2.45, 2.75) is 18.7 Å². The Balaban J connectivity index is 2.44. The summed E-state index contributed by atoms with van der Waals surface area (Å²) in [7, 11) is -3.81. The van der Waals surface area contributed by atoms with E-state index in [2.05, 4.69) is 0 Å². The second-order valence-corrected chi connectivity index (χ2v) is 7.11. The average molecular weight is 339 g/mol. The molecular formula is C16H13F3NO2P. The molecule has 0 aliphatic rings. The molecule has 0 aliphatic heterocycles. The Labute approximate surface area is 131 Å². The van der Waals surface area contributed by atoms with Crippen molar-refractivity contribution in [1.82, 2.24) is 0 Å². The van der Waals surface area contributed by atoms with Gasteiger partial charge in [0, 0.05) is 10.6 Å². The van der Waals surface area contributed by atoms with Crippen LogP contribution in [0.1, 0.15) is 6.42 Å².